The van der Waals surface area contributed by atoms with E-state index in [9.17, 15) is 24.0 Å². The van der Waals surface area contributed by atoms with Gasteiger partial charge in [0.25, 0.3) is 0 Å². The molecule has 1 aromatic carbocycles. The number of esters is 4. The molecule has 5 atom stereocenters. The minimum Gasteiger partial charge on any atom is -0.463 e. The second-order valence-electron chi connectivity index (χ2n) is 9.36. The van der Waals surface area contributed by atoms with Gasteiger partial charge in [0.05, 0.1) is 6.54 Å². The lowest BCUT2D eigenvalue weighted by Crippen LogP contribution is -2.60. The number of Topliss-reactive ketones (excluding diaryl/α,β-unsaturated/α-hetero) is 1. The van der Waals surface area contributed by atoms with Crippen LogP contribution in [0.25, 0.3) is 10.9 Å². The molecule has 1 aliphatic heterocycles. The third-order valence-corrected chi connectivity index (χ3v) is 6.14. The Kier molecular flexibility index (Phi) is 8.76. The van der Waals surface area contributed by atoms with Crippen LogP contribution in [0.3, 0.4) is 0 Å². The molecule has 3 heterocycles. The molecular formula is C26H29N5O10. The molecule has 0 spiro atoms. The number of hydrogen-bond donors (Lipinski definition) is 0. The summed E-state index contributed by atoms with van der Waals surface area (Å²) in [6, 6.07) is 7.36. The molecular weight excluding hydrogens is 542 g/mol. The highest BCUT2D eigenvalue weighted by Crippen LogP contribution is 2.34. The van der Waals surface area contributed by atoms with Crippen molar-refractivity contribution in [2.24, 2.45) is 0 Å². The fraction of sp³-hybridized carbons (Fsp3) is 0.462. The van der Waals surface area contributed by atoms with E-state index in [0.717, 1.165) is 36.5 Å². The number of aromatic nitrogens is 5. The molecule has 2 aromatic heterocycles. The molecule has 0 saturated carbocycles. The minimum atomic E-state index is -1.38. The van der Waals surface area contributed by atoms with Gasteiger partial charge < -0.3 is 28.3 Å². The molecule has 15 nitrogen and oxygen atoms in total. The zero-order valence-corrected chi connectivity index (χ0v) is 23.0. The van der Waals surface area contributed by atoms with Crippen molar-refractivity contribution in [2.75, 3.05) is 6.61 Å². The van der Waals surface area contributed by atoms with Crippen LogP contribution in [0.15, 0.2) is 30.5 Å². The summed E-state index contributed by atoms with van der Waals surface area (Å²) in [7, 11) is 0. The van der Waals surface area contributed by atoms with Crippen LogP contribution in [0.4, 0.5) is 0 Å². The van der Waals surface area contributed by atoms with Gasteiger partial charge in [0.15, 0.2) is 29.9 Å². The van der Waals surface area contributed by atoms with Crippen molar-refractivity contribution in [3.63, 3.8) is 0 Å². The Morgan fingerprint density at radius 3 is 2.12 bits per heavy atom. The largest absolute Gasteiger partial charge is 0.463 e. The number of tetrazole rings is 1. The van der Waals surface area contributed by atoms with Crippen LogP contribution < -0.4 is 0 Å². The maximum atomic E-state index is 12.2. The molecule has 41 heavy (non-hydrogen) atoms. The number of para-hydroxylation sites is 1. The van der Waals surface area contributed by atoms with Gasteiger partial charge in [-0.3, -0.25) is 24.0 Å². The summed E-state index contributed by atoms with van der Waals surface area (Å²) in [4.78, 5) is 60.8. The lowest BCUT2D eigenvalue weighted by atomic mass is 9.97. The van der Waals surface area contributed by atoms with Crippen LogP contribution in [-0.4, -0.2) is 85.5 Å². The second kappa shape index (κ2) is 12.2. The smallest absolute Gasteiger partial charge is 0.303 e. The summed E-state index contributed by atoms with van der Waals surface area (Å²) in [5.74, 6) is -2.78. The van der Waals surface area contributed by atoms with Gasteiger partial charge >= 0.3 is 23.9 Å². The summed E-state index contributed by atoms with van der Waals surface area (Å²) in [6.45, 7) is 5.79. The van der Waals surface area contributed by atoms with Gasteiger partial charge in [0.2, 0.25) is 6.23 Å². The molecule has 3 aromatic rings. The molecule has 0 aliphatic carbocycles. The number of ether oxygens (including phenoxy) is 5. The predicted octanol–water partition coefficient (Wildman–Crippen LogP) is 1.13. The fourth-order valence-electron chi connectivity index (χ4n) is 4.63. The van der Waals surface area contributed by atoms with Crippen molar-refractivity contribution in [2.45, 2.75) is 71.8 Å². The summed E-state index contributed by atoms with van der Waals surface area (Å²) in [5.41, 5.74) is 1.31. The van der Waals surface area contributed by atoms with Crippen LogP contribution in [0, 0.1) is 0 Å². The summed E-state index contributed by atoms with van der Waals surface area (Å²) in [5, 5.41) is 13.3. The number of benzene rings is 1. The van der Waals surface area contributed by atoms with Gasteiger partial charge in [0.1, 0.15) is 12.7 Å². The van der Waals surface area contributed by atoms with E-state index in [2.05, 4.69) is 15.4 Å². The van der Waals surface area contributed by atoms with Gasteiger partial charge in [-0.1, -0.05) is 18.2 Å². The molecule has 0 amide bonds. The number of nitrogens with zero attached hydrogens (tertiary/aromatic N) is 5. The van der Waals surface area contributed by atoms with Gasteiger partial charge in [-0.05, 0) is 18.2 Å². The highest BCUT2D eigenvalue weighted by Gasteiger charge is 2.53. The van der Waals surface area contributed by atoms with E-state index in [4.69, 9.17) is 23.7 Å². The van der Waals surface area contributed by atoms with E-state index in [1.807, 2.05) is 24.3 Å². The molecule has 1 aliphatic rings. The first-order valence-corrected chi connectivity index (χ1v) is 12.6. The molecule has 1 fully saturated rings. The third kappa shape index (κ3) is 6.74. The average molecular weight is 572 g/mol. The molecule has 0 unspecified atom stereocenters. The summed E-state index contributed by atoms with van der Waals surface area (Å²) in [6.07, 6.45) is -4.86. The van der Waals surface area contributed by atoms with E-state index >= 15 is 0 Å². The van der Waals surface area contributed by atoms with E-state index in [1.165, 1.54) is 13.8 Å². The standard InChI is InChI=1S/C26H29N5O10/c1-13(32)19-10-30(20-9-7-6-8-18(19)20)11-22-27-29-31(28-22)26-25(40-17(5)36)24(39-16(4)35)23(38-15(3)34)21(41-26)12-37-14(2)33/h6-10,21,23-26H,11-12H2,1-5H3/t21-,23+,24-,25+,26+/m1/s1. The van der Waals surface area contributed by atoms with Gasteiger partial charge in [-0.15, -0.1) is 15.0 Å². The molecule has 218 valence electrons. The lowest BCUT2D eigenvalue weighted by molar-refractivity contribution is -0.272. The van der Waals surface area contributed by atoms with Gasteiger partial charge in [-0.25, -0.2) is 0 Å². The molecule has 0 bridgehead atoms. The Balaban J connectivity index is 1.71. The Labute approximate surface area is 233 Å². The van der Waals surface area contributed by atoms with E-state index in [0.29, 0.717) is 5.56 Å². The van der Waals surface area contributed by atoms with E-state index in [1.54, 1.807) is 10.8 Å². The SMILES string of the molecule is CC(=O)OC[C@H]1O[C@H](n2nnc(Cn3cc(C(C)=O)c4ccccc43)n2)[C@@H](OC(C)=O)[C@H](OC(C)=O)[C@H]1OC(C)=O. The lowest BCUT2D eigenvalue weighted by Gasteiger charge is -2.43. The van der Waals surface area contributed by atoms with Crippen LogP contribution in [0.5, 0.6) is 0 Å². The first-order valence-electron chi connectivity index (χ1n) is 12.6. The topological polar surface area (TPSA) is 180 Å². The average Bonchev–Trinajstić information content (AvgIpc) is 3.50. The first-order chi connectivity index (χ1) is 19.4. The Hall–Kier alpha value is -4.66. The first kappa shape index (κ1) is 29.3. The Morgan fingerprint density at radius 1 is 0.854 bits per heavy atom. The zero-order chi connectivity index (χ0) is 29.8. The maximum absolute atomic E-state index is 12.2. The predicted molar refractivity (Wildman–Crippen MR) is 136 cm³/mol. The number of ketones is 1. The summed E-state index contributed by atoms with van der Waals surface area (Å²) >= 11 is 0. The molecule has 1 saturated heterocycles. The van der Waals surface area contributed by atoms with Crippen molar-refractivity contribution in [1.29, 1.82) is 0 Å². The molecule has 4 rings (SSSR count). The second-order valence-corrected chi connectivity index (χ2v) is 9.36. The van der Waals surface area contributed by atoms with Crippen LogP contribution in [0.2, 0.25) is 0 Å². The molecule has 0 radical (unpaired) electrons. The minimum absolute atomic E-state index is 0.103. The number of carbonyl (C=O) groups excluding carboxylic acids is 5. The van der Waals surface area contributed by atoms with Crippen LogP contribution >= 0.6 is 0 Å². The molecule has 0 N–H and O–H groups in total. The highest BCUT2D eigenvalue weighted by molar-refractivity contribution is 6.06. The number of hydrogen-bond acceptors (Lipinski definition) is 13. The number of carbonyl (C=O) groups is 5. The van der Waals surface area contributed by atoms with Crippen LogP contribution in [-0.2, 0) is 49.4 Å². The van der Waals surface area contributed by atoms with Crippen molar-refractivity contribution in [3.05, 3.63) is 41.9 Å². The van der Waals surface area contributed by atoms with Gasteiger partial charge in [0, 0.05) is 50.4 Å². The number of fused-ring (bicyclic) bond motifs is 1. The quantitative estimate of drug-likeness (QED) is 0.203. The fourth-order valence-corrected chi connectivity index (χ4v) is 4.63. The van der Waals surface area contributed by atoms with Crippen molar-refractivity contribution in [1.82, 2.24) is 24.8 Å². The maximum Gasteiger partial charge on any atom is 0.303 e. The van der Waals surface area contributed by atoms with E-state index < -0.39 is 54.5 Å². The summed E-state index contributed by atoms with van der Waals surface area (Å²) < 4.78 is 29.2. The van der Waals surface area contributed by atoms with Crippen LogP contribution in [0.1, 0.15) is 57.0 Å². The zero-order valence-electron chi connectivity index (χ0n) is 23.0. The molecule has 15 heteroatoms. The van der Waals surface area contributed by atoms with Gasteiger partial charge in [-0.2, -0.15) is 0 Å². The third-order valence-electron chi connectivity index (χ3n) is 6.14. The Bertz CT molecular complexity index is 1480. The van der Waals surface area contributed by atoms with Crippen molar-refractivity contribution in [3.8, 4) is 0 Å². The number of rotatable bonds is 9. The van der Waals surface area contributed by atoms with Crippen molar-refractivity contribution < 1.29 is 47.7 Å². The van der Waals surface area contributed by atoms with E-state index in [-0.39, 0.29) is 24.8 Å². The Morgan fingerprint density at radius 2 is 1.49 bits per heavy atom. The highest BCUT2D eigenvalue weighted by atomic mass is 16.7. The monoisotopic (exact) mass is 571 g/mol. The normalized spacial score (nSPS) is 22.1. The van der Waals surface area contributed by atoms with Crippen molar-refractivity contribution >= 4 is 40.6 Å².